The van der Waals surface area contributed by atoms with Gasteiger partial charge in [-0.3, -0.25) is 9.59 Å². The fourth-order valence-corrected chi connectivity index (χ4v) is 9.14. The van der Waals surface area contributed by atoms with Gasteiger partial charge in [0.1, 0.15) is 5.69 Å². The number of nitrogens with one attached hydrogen (secondary N) is 1. The van der Waals surface area contributed by atoms with Gasteiger partial charge in [-0.05, 0) is 57.6 Å². The molecule has 2 aromatic rings. The van der Waals surface area contributed by atoms with Crippen LogP contribution >= 0.6 is 22.9 Å². The second kappa shape index (κ2) is 11.9. The van der Waals surface area contributed by atoms with Crippen LogP contribution in [0.1, 0.15) is 72.8 Å². The Hall–Kier alpha value is -2.06. The van der Waals surface area contributed by atoms with Gasteiger partial charge in [0.25, 0.3) is 11.8 Å². The van der Waals surface area contributed by atoms with Gasteiger partial charge in [-0.25, -0.2) is 26.5 Å². The van der Waals surface area contributed by atoms with Crippen molar-refractivity contribution in [1.82, 2.24) is 19.5 Å². The Bertz CT molecular complexity index is 1550. The van der Waals surface area contributed by atoms with Crippen LogP contribution in [0.3, 0.4) is 0 Å². The summed E-state index contributed by atoms with van der Waals surface area (Å²) >= 11 is 7.80. The van der Waals surface area contributed by atoms with Gasteiger partial charge in [0.2, 0.25) is 10.0 Å². The lowest BCUT2D eigenvalue weighted by Gasteiger charge is -2.30. The van der Waals surface area contributed by atoms with Crippen LogP contribution in [0, 0.1) is 12.8 Å². The number of nitrogens with zero attached hydrogens (tertiary/aromatic N) is 3. The molecule has 0 radical (unpaired) electrons. The summed E-state index contributed by atoms with van der Waals surface area (Å²) in [6.45, 7) is 10.5. The topological polar surface area (TPSA) is 134 Å². The summed E-state index contributed by atoms with van der Waals surface area (Å²) in [5.74, 6) is -0.521. The first-order valence-electron chi connectivity index (χ1n) is 13.7. The number of carbonyl (C=O) groups excluding carboxylic acids is 2. The van der Waals surface area contributed by atoms with Crippen molar-refractivity contribution < 1.29 is 26.4 Å². The Balaban J connectivity index is 1.76. The van der Waals surface area contributed by atoms with E-state index in [4.69, 9.17) is 11.6 Å². The van der Waals surface area contributed by atoms with E-state index in [9.17, 15) is 26.4 Å². The lowest BCUT2D eigenvalue weighted by atomic mass is 9.99. The van der Waals surface area contributed by atoms with E-state index in [1.54, 1.807) is 31.7 Å². The van der Waals surface area contributed by atoms with Crippen molar-refractivity contribution in [3.63, 3.8) is 0 Å². The van der Waals surface area contributed by atoms with Crippen LogP contribution in [0.15, 0.2) is 17.0 Å². The number of amides is 2. The number of benzene rings is 1. The van der Waals surface area contributed by atoms with Crippen LogP contribution in [0.5, 0.6) is 0 Å². The van der Waals surface area contributed by atoms with Crippen molar-refractivity contribution in [3.05, 3.63) is 33.4 Å². The van der Waals surface area contributed by atoms with Crippen LogP contribution in [0.25, 0.3) is 10.4 Å². The molecule has 0 saturated carbocycles. The molecule has 2 amide bonds. The number of hydrogen-bond acceptors (Lipinski definition) is 8. The molecule has 10 nitrogen and oxygen atoms in total. The van der Waals surface area contributed by atoms with Gasteiger partial charge in [0.15, 0.2) is 14.8 Å². The van der Waals surface area contributed by atoms with E-state index in [0.29, 0.717) is 41.4 Å². The number of aromatic nitrogens is 1. The summed E-state index contributed by atoms with van der Waals surface area (Å²) in [7, 11) is -7.09. The minimum absolute atomic E-state index is 0.0287. The van der Waals surface area contributed by atoms with Crippen molar-refractivity contribution >= 4 is 54.6 Å². The van der Waals surface area contributed by atoms with E-state index in [-0.39, 0.29) is 51.1 Å². The molecule has 0 unspecified atom stereocenters. The summed E-state index contributed by atoms with van der Waals surface area (Å²) in [6, 6.07) is 3.01. The molecule has 0 spiro atoms. The highest BCUT2D eigenvalue weighted by Gasteiger charge is 2.34. The second-order valence-corrected chi connectivity index (χ2v) is 16.8. The van der Waals surface area contributed by atoms with Gasteiger partial charge in [-0.1, -0.05) is 31.5 Å². The molecular weight excluding hydrogens is 608 g/mol. The summed E-state index contributed by atoms with van der Waals surface area (Å²) in [6.07, 6.45) is 2.29. The third-order valence-electron chi connectivity index (χ3n) is 7.88. The Kier molecular flexibility index (Phi) is 9.25. The molecular formula is C27H37ClN4O6S3. The second-order valence-electron chi connectivity index (χ2n) is 11.5. The standard InChI is InChI=1S/C27H37ClN4O6S3/c1-6-27(4,5)30-41(37,38)20-8-7-19(21(28)18(20)3)23-22(25(33)31-11-9-17(2)10-12-31)29-24(39-23)26(34)32-13-15-40(35,36)16-14-32/h7-8,17,30H,6,9-16H2,1-5H3. The Morgan fingerprint density at radius 3 is 2.27 bits per heavy atom. The maximum atomic E-state index is 13.7. The number of sulfonamides is 1. The fourth-order valence-electron chi connectivity index (χ4n) is 4.78. The number of thiazole rings is 1. The number of halogens is 1. The number of rotatable bonds is 7. The molecule has 4 rings (SSSR count). The third-order valence-corrected chi connectivity index (χ3v) is 12.9. The van der Waals surface area contributed by atoms with Crippen molar-refractivity contribution in [3.8, 4) is 10.4 Å². The number of piperidine rings is 1. The SMILES string of the molecule is CCC(C)(C)NS(=O)(=O)c1ccc(-c2sc(C(=O)N3CCS(=O)(=O)CC3)nc2C(=O)N2CCC(C)CC2)c(Cl)c1C. The molecule has 2 aliphatic rings. The van der Waals surface area contributed by atoms with Gasteiger partial charge in [0, 0.05) is 37.3 Å². The van der Waals surface area contributed by atoms with Gasteiger partial charge < -0.3 is 9.80 Å². The van der Waals surface area contributed by atoms with Crippen LogP contribution in [0.2, 0.25) is 5.02 Å². The minimum atomic E-state index is -3.90. The fraction of sp³-hybridized carbons (Fsp3) is 0.593. The maximum Gasteiger partial charge on any atom is 0.282 e. The average molecular weight is 645 g/mol. The van der Waals surface area contributed by atoms with Gasteiger partial charge >= 0.3 is 0 Å². The Morgan fingerprint density at radius 1 is 1.10 bits per heavy atom. The van der Waals surface area contributed by atoms with E-state index in [0.717, 1.165) is 24.2 Å². The van der Waals surface area contributed by atoms with E-state index in [1.165, 1.54) is 11.0 Å². The smallest absolute Gasteiger partial charge is 0.282 e. The predicted molar refractivity (Wildman–Crippen MR) is 161 cm³/mol. The van der Waals surface area contributed by atoms with Gasteiger partial charge in [0.05, 0.1) is 26.3 Å². The maximum absolute atomic E-state index is 13.7. The third kappa shape index (κ3) is 6.96. The van der Waals surface area contributed by atoms with Crippen LogP contribution < -0.4 is 4.72 Å². The molecule has 2 saturated heterocycles. The predicted octanol–water partition coefficient (Wildman–Crippen LogP) is 3.98. The first-order chi connectivity index (χ1) is 19.0. The molecule has 3 heterocycles. The van der Waals surface area contributed by atoms with Gasteiger partial charge in [-0.2, -0.15) is 0 Å². The Labute approximate surface area is 251 Å². The summed E-state index contributed by atoms with van der Waals surface area (Å²) in [5.41, 5.74) is 0.142. The zero-order valence-corrected chi connectivity index (χ0v) is 27.2. The highest BCUT2D eigenvalue weighted by atomic mass is 35.5. The lowest BCUT2D eigenvalue weighted by Crippen LogP contribution is -2.43. The Morgan fingerprint density at radius 2 is 1.68 bits per heavy atom. The molecule has 1 aromatic carbocycles. The van der Waals surface area contributed by atoms with Crippen molar-refractivity contribution in [1.29, 1.82) is 0 Å². The molecule has 1 aromatic heterocycles. The molecule has 1 N–H and O–H groups in total. The van der Waals surface area contributed by atoms with E-state index < -0.39 is 31.3 Å². The molecule has 0 bridgehead atoms. The lowest BCUT2D eigenvalue weighted by molar-refractivity contribution is 0.0692. The molecule has 41 heavy (non-hydrogen) atoms. The molecule has 0 aliphatic carbocycles. The zero-order chi connectivity index (χ0) is 30.3. The van der Waals surface area contributed by atoms with Crippen LogP contribution in [-0.2, 0) is 19.9 Å². The summed E-state index contributed by atoms with van der Waals surface area (Å²) < 4.78 is 52.9. The molecule has 2 fully saturated rings. The first-order valence-corrected chi connectivity index (χ1v) is 18.2. The zero-order valence-electron chi connectivity index (χ0n) is 24.0. The number of hydrogen-bond donors (Lipinski definition) is 1. The van der Waals surface area contributed by atoms with Crippen molar-refractivity contribution in [2.45, 2.75) is 64.3 Å². The summed E-state index contributed by atoms with van der Waals surface area (Å²) in [4.78, 5) is 35.2. The molecule has 0 atom stereocenters. The minimum Gasteiger partial charge on any atom is -0.337 e. The number of carbonyl (C=O) groups is 2. The molecule has 14 heteroatoms. The number of sulfone groups is 1. The van der Waals surface area contributed by atoms with E-state index in [1.807, 2.05) is 6.92 Å². The van der Waals surface area contributed by atoms with Gasteiger partial charge in [-0.15, -0.1) is 11.3 Å². The highest BCUT2D eigenvalue weighted by Crippen LogP contribution is 2.40. The average Bonchev–Trinajstić information content (AvgIpc) is 3.34. The number of likely N-dealkylation sites (tertiary alicyclic amines) is 1. The largest absolute Gasteiger partial charge is 0.337 e. The van der Waals surface area contributed by atoms with Crippen molar-refractivity contribution in [2.75, 3.05) is 37.7 Å². The van der Waals surface area contributed by atoms with E-state index >= 15 is 0 Å². The van der Waals surface area contributed by atoms with Crippen LogP contribution in [-0.4, -0.2) is 86.7 Å². The molecule has 2 aliphatic heterocycles. The summed E-state index contributed by atoms with van der Waals surface area (Å²) in [5, 5.41) is 0.208. The highest BCUT2D eigenvalue weighted by molar-refractivity contribution is 7.91. The monoisotopic (exact) mass is 644 g/mol. The quantitative estimate of drug-likeness (QED) is 0.482. The van der Waals surface area contributed by atoms with E-state index in [2.05, 4.69) is 16.6 Å². The first kappa shape index (κ1) is 31.9. The van der Waals surface area contributed by atoms with Crippen LogP contribution in [0.4, 0.5) is 0 Å². The normalized spacial score (nSPS) is 18.5. The van der Waals surface area contributed by atoms with Crippen molar-refractivity contribution in [2.24, 2.45) is 5.92 Å². The molecule has 226 valence electrons.